The molecule has 0 unspecified atom stereocenters. The van der Waals surface area contributed by atoms with Crippen LogP contribution >= 0.6 is 0 Å². The maximum Gasteiger partial charge on any atom is 0.339 e. The molecule has 8 heteroatoms. The Morgan fingerprint density at radius 3 is 1.74 bits per heavy atom. The number of benzene rings is 2. The minimum Gasteiger partial charge on any atom is -0.478 e. The Bertz CT molecular complexity index is 735. The van der Waals surface area contributed by atoms with Crippen molar-refractivity contribution in [3.05, 3.63) is 59.2 Å². The van der Waals surface area contributed by atoms with Crippen molar-refractivity contribution >= 4 is 23.3 Å². The number of rotatable bonds is 2. The van der Waals surface area contributed by atoms with E-state index in [4.69, 9.17) is 16.6 Å². The van der Waals surface area contributed by atoms with Gasteiger partial charge in [0.15, 0.2) is 0 Å². The van der Waals surface area contributed by atoms with Crippen molar-refractivity contribution < 1.29 is 28.2 Å². The van der Waals surface area contributed by atoms with Gasteiger partial charge in [-0.15, -0.1) is 0 Å². The minimum atomic E-state index is -1.15. The number of carboxylic acids is 1. The molecule has 0 aliphatic heterocycles. The first-order valence-electron chi connectivity index (χ1n) is 6.18. The maximum atomic E-state index is 12.5. The molecule has 0 fully saturated rings. The Morgan fingerprint density at radius 1 is 0.957 bits per heavy atom. The molecule has 0 saturated carbocycles. The molecule has 0 aliphatic carbocycles. The molecule has 0 saturated heterocycles. The summed E-state index contributed by atoms with van der Waals surface area (Å²) in [6.45, 7) is 0. The van der Waals surface area contributed by atoms with Gasteiger partial charge in [0.05, 0.1) is 18.2 Å². The first-order chi connectivity index (χ1) is 10.8. The Morgan fingerprint density at radius 2 is 1.39 bits per heavy atom. The summed E-state index contributed by atoms with van der Waals surface area (Å²) < 4.78 is 29.2. The molecule has 2 aromatic rings. The first-order valence-corrected chi connectivity index (χ1v) is 6.18. The van der Waals surface area contributed by atoms with E-state index in [0.717, 1.165) is 30.3 Å². The monoisotopic (exact) mass is 324 g/mol. The first kappa shape index (κ1) is 17.9. The number of hydrogen-bond acceptors (Lipinski definition) is 5. The minimum absolute atomic E-state index is 0.0579. The lowest BCUT2D eigenvalue weighted by Crippen LogP contribution is -2.05. The van der Waals surface area contributed by atoms with E-state index < -0.39 is 23.6 Å². The topological polar surface area (TPSA) is 116 Å². The summed E-state index contributed by atoms with van der Waals surface area (Å²) >= 11 is 0. The summed E-state index contributed by atoms with van der Waals surface area (Å²) in [6.07, 6.45) is 0. The van der Waals surface area contributed by atoms with E-state index in [-0.39, 0.29) is 22.5 Å². The smallest absolute Gasteiger partial charge is 0.339 e. The lowest BCUT2D eigenvalue weighted by atomic mass is 10.2. The molecule has 23 heavy (non-hydrogen) atoms. The molecule has 0 heterocycles. The van der Waals surface area contributed by atoms with Crippen LogP contribution in [0.15, 0.2) is 36.4 Å². The summed E-state index contributed by atoms with van der Waals surface area (Å²) in [5.41, 5.74) is 10.7. The third-order valence-electron chi connectivity index (χ3n) is 2.66. The quantitative estimate of drug-likeness (QED) is 0.576. The zero-order valence-corrected chi connectivity index (χ0v) is 12.0. The Balaban J connectivity index is 0.000000231. The standard InChI is InChI=1S/C8H8FNO2.C7H6FNO2/c1-12-8(11)6-3-2-5(9)4-7(6)10;8-4-1-2-5(7(10)11)6(9)3-4/h2-4H,10H2,1H3;1-3H,9H2,(H,10,11). The van der Waals surface area contributed by atoms with Crippen LogP contribution in [0.5, 0.6) is 0 Å². The molecule has 0 radical (unpaired) electrons. The molecule has 122 valence electrons. The summed E-state index contributed by atoms with van der Waals surface area (Å²) in [7, 11) is 1.24. The molecule has 6 nitrogen and oxygen atoms in total. The number of nitrogen functional groups attached to an aromatic ring is 2. The molecule has 0 atom stereocenters. The third kappa shape index (κ3) is 4.95. The Kier molecular flexibility index (Phi) is 6.02. The van der Waals surface area contributed by atoms with Crippen molar-refractivity contribution in [2.45, 2.75) is 0 Å². The van der Waals surface area contributed by atoms with Crippen LogP contribution in [0.3, 0.4) is 0 Å². The highest BCUT2D eigenvalue weighted by molar-refractivity contribution is 5.95. The molecular weight excluding hydrogens is 310 g/mol. The molecule has 0 aliphatic rings. The molecule has 2 aromatic carbocycles. The van der Waals surface area contributed by atoms with E-state index in [2.05, 4.69) is 4.74 Å². The van der Waals surface area contributed by atoms with Gasteiger partial charge in [-0.05, 0) is 36.4 Å². The summed E-state index contributed by atoms with van der Waals surface area (Å²) in [6, 6.07) is 6.68. The zero-order valence-electron chi connectivity index (χ0n) is 12.0. The molecule has 0 aromatic heterocycles. The molecule has 0 spiro atoms. The predicted octanol–water partition coefficient (Wildman–Crippen LogP) is 2.30. The van der Waals surface area contributed by atoms with Crippen LogP contribution in [0, 0.1) is 11.6 Å². The van der Waals surface area contributed by atoms with Gasteiger partial charge in [0.2, 0.25) is 0 Å². The molecular formula is C15H14F2N2O4. The fraction of sp³-hybridized carbons (Fsp3) is 0.0667. The second kappa shape index (κ2) is 7.74. The lowest BCUT2D eigenvalue weighted by molar-refractivity contribution is 0.0601. The van der Waals surface area contributed by atoms with Crippen molar-refractivity contribution in [1.29, 1.82) is 0 Å². The predicted molar refractivity (Wildman–Crippen MR) is 79.9 cm³/mol. The average molecular weight is 324 g/mol. The number of ether oxygens (including phenoxy) is 1. The summed E-state index contributed by atoms with van der Waals surface area (Å²) in [5, 5.41) is 8.45. The second-order valence-corrected chi connectivity index (χ2v) is 4.26. The van der Waals surface area contributed by atoms with E-state index in [1.807, 2.05) is 0 Å². The average Bonchev–Trinajstić information content (AvgIpc) is 2.46. The van der Waals surface area contributed by atoms with Gasteiger partial charge in [-0.1, -0.05) is 0 Å². The number of esters is 1. The highest BCUT2D eigenvalue weighted by Gasteiger charge is 2.09. The second-order valence-electron chi connectivity index (χ2n) is 4.26. The van der Waals surface area contributed by atoms with Crippen LogP contribution in [-0.4, -0.2) is 24.2 Å². The van der Waals surface area contributed by atoms with Gasteiger partial charge in [0.25, 0.3) is 0 Å². The summed E-state index contributed by atoms with van der Waals surface area (Å²) in [5.74, 6) is -2.72. The van der Waals surface area contributed by atoms with Crippen LogP contribution in [0.25, 0.3) is 0 Å². The van der Waals surface area contributed by atoms with E-state index in [1.165, 1.54) is 13.2 Å². The molecule has 5 N–H and O–H groups in total. The number of nitrogens with two attached hydrogens (primary N) is 2. The van der Waals surface area contributed by atoms with Crippen molar-refractivity contribution in [1.82, 2.24) is 0 Å². The van der Waals surface area contributed by atoms with Crippen molar-refractivity contribution in [2.24, 2.45) is 0 Å². The number of anilines is 2. The number of halogens is 2. The SMILES string of the molecule is COC(=O)c1ccc(F)cc1N.Nc1cc(F)ccc1C(=O)O. The van der Waals surface area contributed by atoms with Gasteiger partial charge >= 0.3 is 11.9 Å². The van der Waals surface area contributed by atoms with E-state index in [1.54, 1.807) is 0 Å². The number of hydrogen-bond donors (Lipinski definition) is 3. The number of carbonyl (C=O) groups is 2. The molecule has 0 bridgehead atoms. The number of carboxylic acid groups (broad SMARTS) is 1. The van der Waals surface area contributed by atoms with E-state index in [0.29, 0.717) is 0 Å². The zero-order chi connectivity index (χ0) is 17.6. The highest BCUT2D eigenvalue weighted by atomic mass is 19.1. The van der Waals surface area contributed by atoms with Gasteiger partial charge in [-0.3, -0.25) is 0 Å². The van der Waals surface area contributed by atoms with Gasteiger partial charge in [0.1, 0.15) is 11.6 Å². The third-order valence-corrected chi connectivity index (χ3v) is 2.66. The van der Waals surface area contributed by atoms with Crippen LogP contribution in [0.1, 0.15) is 20.7 Å². The van der Waals surface area contributed by atoms with Crippen LogP contribution in [0.4, 0.5) is 20.2 Å². The van der Waals surface area contributed by atoms with Gasteiger partial charge in [-0.2, -0.15) is 0 Å². The Labute approximate surface area is 130 Å². The van der Waals surface area contributed by atoms with E-state index in [9.17, 15) is 18.4 Å². The fourth-order valence-corrected chi connectivity index (χ4v) is 1.56. The summed E-state index contributed by atoms with van der Waals surface area (Å²) in [4.78, 5) is 21.3. The molecule has 2 rings (SSSR count). The van der Waals surface area contributed by atoms with Crippen LogP contribution in [-0.2, 0) is 4.74 Å². The van der Waals surface area contributed by atoms with Crippen LogP contribution < -0.4 is 11.5 Å². The number of aromatic carboxylic acids is 1. The number of carbonyl (C=O) groups excluding carboxylic acids is 1. The van der Waals surface area contributed by atoms with E-state index >= 15 is 0 Å². The normalized spacial score (nSPS) is 9.52. The van der Waals surface area contributed by atoms with Crippen LogP contribution in [0.2, 0.25) is 0 Å². The maximum absolute atomic E-state index is 12.5. The van der Waals surface area contributed by atoms with Crippen molar-refractivity contribution in [3.63, 3.8) is 0 Å². The largest absolute Gasteiger partial charge is 0.478 e. The van der Waals surface area contributed by atoms with Gasteiger partial charge < -0.3 is 21.3 Å². The lowest BCUT2D eigenvalue weighted by Gasteiger charge is -2.02. The highest BCUT2D eigenvalue weighted by Crippen LogP contribution is 2.14. The number of methoxy groups -OCH3 is 1. The van der Waals surface area contributed by atoms with Gasteiger partial charge in [0, 0.05) is 11.4 Å². The fourth-order valence-electron chi connectivity index (χ4n) is 1.56. The van der Waals surface area contributed by atoms with Gasteiger partial charge in [-0.25, -0.2) is 18.4 Å². The Hall–Kier alpha value is -3.16. The molecule has 0 amide bonds. The van der Waals surface area contributed by atoms with Crippen molar-refractivity contribution in [3.8, 4) is 0 Å². The van der Waals surface area contributed by atoms with Crippen molar-refractivity contribution in [2.75, 3.05) is 18.6 Å².